The van der Waals surface area contributed by atoms with Crippen molar-refractivity contribution in [1.29, 1.82) is 5.26 Å². The van der Waals surface area contributed by atoms with E-state index >= 15 is 0 Å². The van der Waals surface area contributed by atoms with Crippen molar-refractivity contribution in [1.82, 2.24) is 4.98 Å². The maximum absolute atomic E-state index is 13.0. The van der Waals surface area contributed by atoms with E-state index < -0.39 is 17.7 Å². The molecule has 0 aliphatic heterocycles. The Morgan fingerprint density at radius 1 is 1.05 bits per heavy atom. The van der Waals surface area contributed by atoms with Crippen LogP contribution < -0.4 is 9.47 Å². The van der Waals surface area contributed by atoms with E-state index in [-0.39, 0.29) is 19.8 Å². The van der Waals surface area contributed by atoms with Gasteiger partial charge in [-0.2, -0.15) is 18.4 Å². The maximum Gasteiger partial charge on any atom is 0.416 e. The lowest BCUT2D eigenvalue weighted by atomic mass is 10.1. The van der Waals surface area contributed by atoms with Crippen LogP contribution in [0.5, 0.6) is 11.5 Å². The van der Waals surface area contributed by atoms with Crippen LogP contribution >= 0.6 is 23.1 Å². The molecular weight excluding hydrogens is 573 g/mol. The van der Waals surface area contributed by atoms with Crippen LogP contribution in [0.25, 0.3) is 10.6 Å². The normalized spacial score (nSPS) is 11.1. The number of carbonyl (C=O) groups excluding carboxylic acids is 1. The van der Waals surface area contributed by atoms with Crippen LogP contribution in [0.15, 0.2) is 71.6 Å². The van der Waals surface area contributed by atoms with Crippen molar-refractivity contribution in [3.8, 4) is 28.1 Å². The number of thiazole rings is 1. The quantitative estimate of drug-likeness (QED) is 0.129. The van der Waals surface area contributed by atoms with Crippen molar-refractivity contribution < 1.29 is 32.2 Å². The van der Waals surface area contributed by atoms with Crippen LogP contribution in [-0.4, -0.2) is 24.2 Å². The minimum Gasteiger partial charge on any atom is -0.487 e. The molecule has 0 N–H and O–H groups in total. The molecule has 41 heavy (non-hydrogen) atoms. The zero-order valence-corrected chi connectivity index (χ0v) is 23.8. The Bertz CT molecular complexity index is 1530. The molecule has 0 bridgehead atoms. The topological polar surface area (TPSA) is 81.4 Å². The number of ether oxygens (including phenoxy) is 3. The van der Waals surface area contributed by atoms with Crippen LogP contribution in [-0.2, 0) is 28.1 Å². The van der Waals surface area contributed by atoms with Crippen molar-refractivity contribution in [2.45, 2.75) is 37.3 Å². The molecule has 0 aliphatic rings. The van der Waals surface area contributed by atoms with Gasteiger partial charge in [0.15, 0.2) is 6.61 Å². The number of nitrogens with zero attached hydrogens (tertiary/aromatic N) is 2. The van der Waals surface area contributed by atoms with Gasteiger partial charge in [0.05, 0.1) is 29.5 Å². The number of rotatable bonds is 11. The van der Waals surface area contributed by atoms with Gasteiger partial charge in [-0.15, -0.1) is 23.1 Å². The molecule has 4 rings (SSSR count). The van der Waals surface area contributed by atoms with Crippen molar-refractivity contribution >= 4 is 29.1 Å². The van der Waals surface area contributed by atoms with Crippen molar-refractivity contribution in [3.05, 3.63) is 94.0 Å². The number of carbonyl (C=O) groups is 1. The second-order valence-corrected chi connectivity index (χ2v) is 10.8. The second-order valence-electron chi connectivity index (χ2n) is 8.70. The Labute approximate surface area is 243 Å². The molecular formula is C30H25F3N2O4S2. The summed E-state index contributed by atoms with van der Waals surface area (Å²) in [5, 5.41) is 9.60. The third kappa shape index (κ3) is 8.25. The Hall–Kier alpha value is -4.01. The maximum atomic E-state index is 13.0. The molecule has 212 valence electrons. The number of alkyl halides is 3. The summed E-state index contributed by atoms with van der Waals surface area (Å²) in [6, 6.07) is 19.3. The summed E-state index contributed by atoms with van der Waals surface area (Å²) in [6.07, 6.45) is -4.42. The van der Waals surface area contributed by atoms with E-state index in [2.05, 4.69) is 6.07 Å². The van der Waals surface area contributed by atoms with E-state index in [4.69, 9.17) is 24.5 Å². The molecule has 0 radical (unpaired) electrons. The van der Waals surface area contributed by atoms with Crippen molar-refractivity contribution in [2.24, 2.45) is 0 Å². The standard InChI is InChI=1S/C30H25F3N2O4S2/c1-3-37-28(36)17-39-26-13-12-24(14-19(26)2)40-18-27-25(16-38-23-10-4-20(15-34)5-11-23)35-29(41-27)21-6-8-22(9-7-21)30(31,32)33/h4-14H,3,16-18H2,1-2H3. The van der Waals surface area contributed by atoms with Gasteiger partial charge in [0.25, 0.3) is 0 Å². The first kappa shape index (κ1) is 30.0. The fourth-order valence-corrected chi connectivity index (χ4v) is 5.84. The molecule has 0 amide bonds. The smallest absolute Gasteiger partial charge is 0.416 e. The predicted octanol–water partition coefficient (Wildman–Crippen LogP) is 7.82. The third-order valence-electron chi connectivity index (χ3n) is 5.76. The van der Waals surface area contributed by atoms with Gasteiger partial charge < -0.3 is 14.2 Å². The molecule has 0 fully saturated rings. The van der Waals surface area contributed by atoms with Crippen LogP contribution in [0.3, 0.4) is 0 Å². The number of thioether (sulfide) groups is 1. The number of halogens is 3. The highest BCUT2D eigenvalue weighted by molar-refractivity contribution is 7.98. The number of hydrogen-bond donors (Lipinski definition) is 0. The van der Waals surface area contributed by atoms with E-state index in [1.807, 2.05) is 19.1 Å². The molecule has 0 atom stereocenters. The van der Waals surface area contributed by atoms with Gasteiger partial charge in [-0.05, 0) is 74.0 Å². The van der Waals surface area contributed by atoms with Crippen LogP contribution in [0.4, 0.5) is 13.2 Å². The molecule has 11 heteroatoms. The molecule has 0 aliphatic carbocycles. The average Bonchev–Trinajstić information content (AvgIpc) is 3.37. The Morgan fingerprint density at radius 2 is 1.78 bits per heavy atom. The van der Waals surface area contributed by atoms with E-state index in [0.29, 0.717) is 39.1 Å². The molecule has 0 unspecified atom stereocenters. The number of hydrogen-bond acceptors (Lipinski definition) is 8. The van der Waals surface area contributed by atoms with Crippen LogP contribution in [0.1, 0.15) is 34.2 Å². The van der Waals surface area contributed by atoms with Gasteiger partial charge >= 0.3 is 12.1 Å². The molecule has 4 aromatic rings. The zero-order valence-electron chi connectivity index (χ0n) is 22.2. The number of aromatic nitrogens is 1. The van der Waals surface area contributed by atoms with E-state index in [1.54, 1.807) is 49.0 Å². The molecule has 0 saturated carbocycles. The predicted molar refractivity (Wildman–Crippen MR) is 151 cm³/mol. The van der Waals surface area contributed by atoms with E-state index in [9.17, 15) is 18.0 Å². The monoisotopic (exact) mass is 598 g/mol. The second kappa shape index (κ2) is 13.6. The summed E-state index contributed by atoms with van der Waals surface area (Å²) in [5.74, 6) is 1.27. The summed E-state index contributed by atoms with van der Waals surface area (Å²) in [4.78, 5) is 18.2. The van der Waals surface area contributed by atoms with E-state index in [0.717, 1.165) is 27.5 Å². The summed E-state index contributed by atoms with van der Waals surface area (Å²) in [7, 11) is 0. The van der Waals surface area contributed by atoms with Crippen LogP contribution in [0, 0.1) is 18.3 Å². The highest BCUT2D eigenvalue weighted by Gasteiger charge is 2.30. The fourth-order valence-electron chi connectivity index (χ4n) is 3.67. The zero-order chi connectivity index (χ0) is 29.4. The molecule has 0 saturated heterocycles. The highest BCUT2D eigenvalue weighted by atomic mass is 32.2. The van der Waals surface area contributed by atoms with Crippen LogP contribution in [0.2, 0.25) is 0 Å². The van der Waals surface area contributed by atoms with Gasteiger partial charge in [0, 0.05) is 21.1 Å². The van der Waals surface area contributed by atoms with Gasteiger partial charge in [-0.25, -0.2) is 9.78 Å². The lowest BCUT2D eigenvalue weighted by Gasteiger charge is -2.10. The fraction of sp³-hybridized carbons (Fsp3) is 0.233. The summed E-state index contributed by atoms with van der Waals surface area (Å²) in [5.41, 5.74) is 1.91. The van der Waals surface area contributed by atoms with Gasteiger partial charge in [-0.3, -0.25) is 0 Å². The number of nitriles is 1. The largest absolute Gasteiger partial charge is 0.487 e. The van der Waals surface area contributed by atoms with Gasteiger partial charge in [0.1, 0.15) is 23.1 Å². The lowest BCUT2D eigenvalue weighted by Crippen LogP contribution is -2.14. The molecule has 3 aromatic carbocycles. The minimum atomic E-state index is -4.42. The summed E-state index contributed by atoms with van der Waals surface area (Å²) in [6.45, 7) is 3.89. The van der Waals surface area contributed by atoms with Gasteiger partial charge in [0.2, 0.25) is 0 Å². The average molecular weight is 599 g/mol. The highest BCUT2D eigenvalue weighted by Crippen LogP contribution is 2.36. The number of benzene rings is 3. The van der Waals surface area contributed by atoms with Crippen molar-refractivity contribution in [3.63, 3.8) is 0 Å². The first-order chi connectivity index (χ1) is 19.7. The molecule has 0 spiro atoms. The number of aryl methyl sites for hydroxylation is 1. The lowest BCUT2D eigenvalue weighted by molar-refractivity contribution is -0.145. The molecule has 1 aromatic heterocycles. The molecule has 1 heterocycles. The Kier molecular flexibility index (Phi) is 9.91. The molecule has 6 nitrogen and oxygen atoms in total. The van der Waals surface area contributed by atoms with E-state index in [1.165, 1.54) is 23.5 Å². The third-order valence-corrected chi connectivity index (χ3v) is 8.11. The van der Waals surface area contributed by atoms with Gasteiger partial charge in [-0.1, -0.05) is 12.1 Å². The minimum absolute atomic E-state index is 0.151. The SMILES string of the molecule is CCOC(=O)COc1ccc(SCc2sc(-c3ccc(C(F)(F)F)cc3)nc2COc2ccc(C#N)cc2)cc1C. The Morgan fingerprint density at radius 3 is 2.41 bits per heavy atom. The first-order valence-electron chi connectivity index (χ1n) is 12.5. The Balaban J connectivity index is 1.51. The number of esters is 1. The first-order valence-corrected chi connectivity index (χ1v) is 14.3. The summed E-state index contributed by atoms with van der Waals surface area (Å²) >= 11 is 2.96. The van der Waals surface area contributed by atoms with Crippen molar-refractivity contribution in [2.75, 3.05) is 13.2 Å². The summed E-state index contributed by atoms with van der Waals surface area (Å²) < 4.78 is 55.5.